The lowest BCUT2D eigenvalue weighted by Crippen LogP contribution is -2.41. The predicted octanol–water partition coefficient (Wildman–Crippen LogP) is 1.96. The van der Waals surface area contributed by atoms with Gasteiger partial charge in [0, 0.05) is 41.7 Å². The molecule has 25 heavy (non-hydrogen) atoms. The molecule has 9 heteroatoms. The lowest BCUT2D eigenvalue weighted by atomic mass is 10.0. The van der Waals surface area contributed by atoms with E-state index in [1.807, 2.05) is 13.8 Å². The zero-order chi connectivity index (χ0) is 17.9. The molecule has 0 fully saturated rings. The topological polar surface area (TPSA) is 131 Å². The first-order valence-corrected chi connectivity index (χ1v) is 7.64. The average molecular weight is 369 g/mol. The number of aromatic amines is 1. The Bertz CT molecular complexity index is 834. The second-order valence-electron chi connectivity index (χ2n) is 6.07. The fraction of sp³-hybridized carbons (Fsp3) is 0.375. The number of amides is 1. The van der Waals surface area contributed by atoms with Gasteiger partial charge in [0.2, 0.25) is 5.56 Å². The SMILES string of the molecule is CC(C)CC(CN)NC(=O)c1cc(=O)[nH]c2ccc([N+](=O)[O-])cc12.Cl. The number of nitrogens with zero attached hydrogens (tertiary/aromatic N) is 1. The molecule has 2 aromatic rings. The van der Waals surface area contributed by atoms with Gasteiger partial charge in [-0.1, -0.05) is 13.8 Å². The summed E-state index contributed by atoms with van der Waals surface area (Å²) in [5.41, 5.74) is 5.54. The number of carbonyl (C=O) groups is 1. The summed E-state index contributed by atoms with van der Waals surface area (Å²) >= 11 is 0. The molecule has 0 bridgehead atoms. The normalized spacial score (nSPS) is 11.8. The fourth-order valence-corrected chi connectivity index (χ4v) is 2.59. The van der Waals surface area contributed by atoms with E-state index in [-0.39, 0.29) is 36.2 Å². The number of carbonyl (C=O) groups excluding carboxylic acids is 1. The number of nitro groups is 1. The number of H-pyrrole nitrogens is 1. The van der Waals surface area contributed by atoms with Crippen LogP contribution >= 0.6 is 12.4 Å². The van der Waals surface area contributed by atoms with Crippen molar-refractivity contribution in [2.24, 2.45) is 11.7 Å². The molecule has 4 N–H and O–H groups in total. The molecule has 1 unspecified atom stereocenters. The van der Waals surface area contributed by atoms with Crippen molar-refractivity contribution in [3.05, 3.63) is 50.3 Å². The van der Waals surface area contributed by atoms with Crippen LogP contribution in [0.25, 0.3) is 10.9 Å². The Morgan fingerprint density at radius 1 is 1.36 bits per heavy atom. The minimum absolute atomic E-state index is 0. The van der Waals surface area contributed by atoms with Crippen molar-refractivity contribution in [2.45, 2.75) is 26.3 Å². The molecule has 0 spiro atoms. The number of rotatable bonds is 6. The average Bonchev–Trinajstić information content (AvgIpc) is 2.52. The van der Waals surface area contributed by atoms with Crippen LogP contribution in [0, 0.1) is 16.0 Å². The molecular formula is C16H21ClN4O4. The molecule has 8 nitrogen and oxygen atoms in total. The van der Waals surface area contributed by atoms with E-state index in [9.17, 15) is 19.7 Å². The number of non-ortho nitro benzene ring substituents is 1. The van der Waals surface area contributed by atoms with Crippen LogP contribution in [0.2, 0.25) is 0 Å². The van der Waals surface area contributed by atoms with Crippen molar-refractivity contribution < 1.29 is 9.72 Å². The van der Waals surface area contributed by atoms with Gasteiger partial charge in [0.05, 0.1) is 10.5 Å². The fourth-order valence-electron chi connectivity index (χ4n) is 2.59. The van der Waals surface area contributed by atoms with Gasteiger partial charge in [-0.25, -0.2) is 0 Å². The van der Waals surface area contributed by atoms with Gasteiger partial charge in [-0.3, -0.25) is 19.7 Å². The number of nitrogens with two attached hydrogens (primary N) is 1. The minimum Gasteiger partial charge on any atom is -0.348 e. The summed E-state index contributed by atoms with van der Waals surface area (Å²) in [4.78, 5) is 37.3. The molecule has 1 atom stereocenters. The van der Waals surface area contributed by atoms with Crippen LogP contribution in [0.1, 0.15) is 30.6 Å². The Balaban J connectivity index is 0.00000312. The summed E-state index contributed by atoms with van der Waals surface area (Å²) in [5, 5.41) is 14.1. The van der Waals surface area contributed by atoms with Gasteiger partial charge in [-0.2, -0.15) is 0 Å². The van der Waals surface area contributed by atoms with Crippen molar-refractivity contribution in [1.82, 2.24) is 10.3 Å². The number of benzene rings is 1. The van der Waals surface area contributed by atoms with Crippen LogP contribution in [0.4, 0.5) is 5.69 Å². The highest BCUT2D eigenvalue weighted by Gasteiger charge is 2.18. The van der Waals surface area contributed by atoms with E-state index in [0.29, 0.717) is 23.2 Å². The number of nitrogens with one attached hydrogen (secondary N) is 2. The van der Waals surface area contributed by atoms with Crippen LogP contribution in [0.15, 0.2) is 29.1 Å². The molecule has 0 aliphatic carbocycles. The predicted molar refractivity (Wildman–Crippen MR) is 98.2 cm³/mol. The highest BCUT2D eigenvalue weighted by Crippen LogP contribution is 2.21. The number of hydrogen-bond acceptors (Lipinski definition) is 5. The first-order chi connectivity index (χ1) is 11.3. The third-order valence-electron chi connectivity index (χ3n) is 3.66. The summed E-state index contributed by atoms with van der Waals surface area (Å²) in [6.45, 7) is 4.30. The van der Waals surface area contributed by atoms with E-state index in [0.717, 1.165) is 6.07 Å². The number of fused-ring (bicyclic) bond motifs is 1. The molecular weight excluding hydrogens is 348 g/mol. The van der Waals surface area contributed by atoms with Gasteiger partial charge >= 0.3 is 0 Å². The van der Waals surface area contributed by atoms with Crippen LogP contribution < -0.4 is 16.6 Å². The molecule has 0 aliphatic heterocycles. The Morgan fingerprint density at radius 3 is 2.60 bits per heavy atom. The van der Waals surface area contributed by atoms with Crippen LogP contribution in [0.3, 0.4) is 0 Å². The van der Waals surface area contributed by atoms with Gasteiger partial charge < -0.3 is 16.0 Å². The monoisotopic (exact) mass is 368 g/mol. The Morgan fingerprint density at radius 2 is 2.04 bits per heavy atom. The van der Waals surface area contributed by atoms with Crippen molar-refractivity contribution in [3.63, 3.8) is 0 Å². The Kier molecular flexibility index (Phi) is 7.08. The third-order valence-corrected chi connectivity index (χ3v) is 3.66. The molecule has 0 saturated carbocycles. The Hall–Kier alpha value is -2.45. The van der Waals surface area contributed by atoms with E-state index in [1.165, 1.54) is 18.2 Å². The standard InChI is InChI=1S/C16H20N4O4.ClH/c1-9(2)5-10(8-17)18-16(22)13-7-15(21)19-14-4-3-11(20(23)24)6-12(13)14;/h3-4,6-7,9-10H,5,8,17H2,1-2H3,(H,18,22)(H,19,21);1H. The second kappa shape index (κ2) is 8.59. The zero-order valence-electron chi connectivity index (χ0n) is 13.9. The molecule has 1 aromatic heterocycles. The van der Waals surface area contributed by atoms with Gasteiger partial charge in [-0.05, 0) is 18.4 Å². The largest absolute Gasteiger partial charge is 0.348 e. The summed E-state index contributed by atoms with van der Waals surface area (Å²) in [6, 6.07) is 4.89. The number of halogens is 1. The maximum absolute atomic E-state index is 12.6. The highest BCUT2D eigenvalue weighted by molar-refractivity contribution is 6.06. The lowest BCUT2D eigenvalue weighted by Gasteiger charge is -2.19. The van der Waals surface area contributed by atoms with E-state index < -0.39 is 16.4 Å². The molecule has 1 heterocycles. The summed E-state index contributed by atoms with van der Waals surface area (Å²) < 4.78 is 0. The van der Waals surface area contributed by atoms with Gasteiger partial charge in [0.1, 0.15) is 0 Å². The number of hydrogen-bond donors (Lipinski definition) is 3. The lowest BCUT2D eigenvalue weighted by molar-refractivity contribution is -0.384. The van der Waals surface area contributed by atoms with Crippen LogP contribution in [-0.4, -0.2) is 28.4 Å². The van der Waals surface area contributed by atoms with Crippen molar-refractivity contribution in [2.75, 3.05) is 6.54 Å². The number of nitro benzene ring substituents is 1. The summed E-state index contributed by atoms with van der Waals surface area (Å²) in [5.74, 6) is -0.126. The molecule has 0 saturated heterocycles. The highest BCUT2D eigenvalue weighted by atomic mass is 35.5. The summed E-state index contributed by atoms with van der Waals surface area (Å²) in [7, 11) is 0. The van der Waals surface area contributed by atoms with Gasteiger partial charge in [0.25, 0.3) is 11.6 Å². The quantitative estimate of drug-likeness (QED) is 0.529. The van der Waals surface area contributed by atoms with Crippen molar-refractivity contribution in [1.29, 1.82) is 0 Å². The number of pyridine rings is 1. The Labute approximate surface area is 150 Å². The maximum atomic E-state index is 12.6. The molecule has 1 aromatic carbocycles. The van der Waals surface area contributed by atoms with Gasteiger partial charge in [0.15, 0.2) is 0 Å². The first kappa shape index (κ1) is 20.6. The third kappa shape index (κ3) is 5.01. The molecule has 136 valence electrons. The van der Waals surface area contributed by atoms with E-state index in [2.05, 4.69) is 10.3 Å². The zero-order valence-corrected chi connectivity index (χ0v) is 14.8. The van der Waals surface area contributed by atoms with E-state index in [4.69, 9.17) is 5.73 Å². The molecule has 2 rings (SSSR count). The molecule has 0 aliphatic rings. The van der Waals surface area contributed by atoms with Gasteiger partial charge in [-0.15, -0.1) is 12.4 Å². The van der Waals surface area contributed by atoms with Crippen LogP contribution in [0.5, 0.6) is 0 Å². The van der Waals surface area contributed by atoms with Crippen molar-refractivity contribution in [3.8, 4) is 0 Å². The number of aromatic nitrogens is 1. The summed E-state index contributed by atoms with van der Waals surface area (Å²) in [6.07, 6.45) is 0.698. The smallest absolute Gasteiger partial charge is 0.270 e. The van der Waals surface area contributed by atoms with Crippen molar-refractivity contribution >= 4 is 34.9 Å². The molecule has 0 radical (unpaired) electrons. The second-order valence-corrected chi connectivity index (χ2v) is 6.07. The van der Waals surface area contributed by atoms with E-state index >= 15 is 0 Å². The minimum atomic E-state index is -0.548. The van der Waals surface area contributed by atoms with E-state index in [1.54, 1.807) is 0 Å². The molecule has 1 amide bonds. The van der Waals surface area contributed by atoms with Crippen LogP contribution in [-0.2, 0) is 0 Å². The maximum Gasteiger partial charge on any atom is 0.270 e. The first-order valence-electron chi connectivity index (χ1n) is 7.64.